The summed E-state index contributed by atoms with van der Waals surface area (Å²) in [7, 11) is 0. The molecule has 0 saturated heterocycles. The minimum absolute atomic E-state index is 0.109. The average Bonchev–Trinajstić information content (AvgIpc) is 3.53. The largest absolute Gasteiger partial charge is 0.485 e. The lowest BCUT2D eigenvalue weighted by Gasteiger charge is -2.16. The highest BCUT2D eigenvalue weighted by Crippen LogP contribution is 2.35. The summed E-state index contributed by atoms with van der Waals surface area (Å²) in [5.74, 6) is 1.10. The Kier molecular flexibility index (Phi) is 6.65. The number of fused-ring (bicyclic) bond motifs is 1. The Morgan fingerprint density at radius 3 is 2.75 bits per heavy atom. The number of ether oxygens (including phenoxy) is 1. The van der Waals surface area contributed by atoms with Crippen molar-refractivity contribution in [1.82, 2.24) is 35.2 Å². The third-order valence-electron chi connectivity index (χ3n) is 5.14. The van der Waals surface area contributed by atoms with Crippen LogP contribution in [0.3, 0.4) is 0 Å². The van der Waals surface area contributed by atoms with Gasteiger partial charge in [0.1, 0.15) is 24.4 Å². The molecule has 13 heteroatoms. The van der Waals surface area contributed by atoms with Crippen molar-refractivity contribution in [1.29, 1.82) is 0 Å². The number of amides is 2. The molecular formula is C23H18Cl2N8O3. The van der Waals surface area contributed by atoms with E-state index in [0.29, 0.717) is 34.5 Å². The van der Waals surface area contributed by atoms with Gasteiger partial charge >= 0.3 is 6.03 Å². The van der Waals surface area contributed by atoms with Crippen molar-refractivity contribution in [3.63, 3.8) is 0 Å². The predicted octanol–water partition coefficient (Wildman–Crippen LogP) is 4.97. The maximum atomic E-state index is 12.7. The Morgan fingerprint density at radius 1 is 1.11 bits per heavy atom. The monoisotopic (exact) mass is 524 g/mol. The summed E-state index contributed by atoms with van der Waals surface area (Å²) >= 11 is 12.6. The van der Waals surface area contributed by atoms with Gasteiger partial charge in [-0.15, -0.1) is 0 Å². The van der Waals surface area contributed by atoms with E-state index in [0.717, 1.165) is 5.39 Å². The van der Waals surface area contributed by atoms with E-state index in [-0.39, 0.29) is 16.7 Å². The molecule has 2 aromatic carbocycles. The quantitative estimate of drug-likeness (QED) is 0.305. The minimum Gasteiger partial charge on any atom is -0.485 e. The lowest BCUT2D eigenvalue weighted by Crippen LogP contribution is -2.32. The smallest absolute Gasteiger partial charge is 0.319 e. The molecule has 11 nitrogen and oxygen atoms in total. The number of rotatable bonds is 7. The second-order valence-corrected chi connectivity index (χ2v) is 8.39. The van der Waals surface area contributed by atoms with Crippen LogP contribution in [0.4, 0.5) is 10.5 Å². The van der Waals surface area contributed by atoms with Crippen molar-refractivity contribution in [2.45, 2.75) is 19.6 Å². The van der Waals surface area contributed by atoms with Gasteiger partial charge in [0.25, 0.3) is 5.95 Å². The highest BCUT2D eigenvalue weighted by atomic mass is 35.5. The number of para-hydroxylation sites is 1. The molecule has 0 saturated carbocycles. The molecule has 0 fully saturated rings. The lowest BCUT2D eigenvalue weighted by molar-refractivity contribution is 0.248. The lowest BCUT2D eigenvalue weighted by atomic mass is 10.2. The van der Waals surface area contributed by atoms with Gasteiger partial charge in [0.05, 0.1) is 21.8 Å². The molecule has 0 aliphatic heterocycles. The van der Waals surface area contributed by atoms with E-state index >= 15 is 0 Å². The third kappa shape index (κ3) is 4.92. The van der Waals surface area contributed by atoms with Crippen LogP contribution in [-0.2, 0) is 6.61 Å². The molecule has 0 spiro atoms. The number of nitrogens with one attached hydrogen (secondary N) is 2. The van der Waals surface area contributed by atoms with Crippen molar-refractivity contribution in [2.24, 2.45) is 0 Å². The second-order valence-electron chi connectivity index (χ2n) is 7.58. The number of nitrogens with zero attached hydrogens (tertiary/aromatic N) is 6. The summed E-state index contributed by atoms with van der Waals surface area (Å²) in [5.41, 5.74) is 1.57. The number of hydrogen-bond donors (Lipinski definition) is 2. The first-order chi connectivity index (χ1) is 17.5. The first kappa shape index (κ1) is 23.5. The Labute approximate surface area is 214 Å². The molecule has 182 valence electrons. The molecule has 0 radical (unpaired) electrons. The van der Waals surface area contributed by atoms with Crippen LogP contribution in [0.1, 0.15) is 24.5 Å². The number of halogens is 2. The van der Waals surface area contributed by atoms with Gasteiger partial charge in [-0.2, -0.15) is 9.78 Å². The standard InChI is InChI=1S/C23H18Cl2N8O3/c1-13(21-28-12-29-33(21)22-26-7-4-8-27-22)30-23(34)31-17-10-20(16(25)9-15(17)24)35-11-18-14-5-2-3-6-19(14)36-32-18/h2-10,12-13H,11H2,1H3,(H2,30,31,34)/t13-/m0/s1. The maximum Gasteiger partial charge on any atom is 0.319 e. The zero-order valence-corrected chi connectivity index (χ0v) is 20.2. The Bertz CT molecular complexity index is 1520. The minimum atomic E-state index is -0.529. The van der Waals surface area contributed by atoms with E-state index < -0.39 is 12.1 Å². The fourth-order valence-corrected chi connectivity index (χ4v) is 3.93. The number of hydrogen-bond acceptors (Lipinski definition) is 8. The fraction of sp³-hybridized carbons (Fsp3) is 0.130. The van der Waals surface area contributed by atoms with Crippen LogP contribution in [0.5, 0.6) is 5.75 Å². The van der Waals surface area contributed by atoms with Crippen molar-refractivity contribution in [2.75, 3.05) is 5.32 Å². The number of urea groups is 1. The zero-order chi connectivity index (χ0) is 25.1. The number of carbonyl (C=O) groups is 1. The van der Waals surface area contributed by atoms with E-state index in [1.165, 1.54) is 23.1 Å². The normalized spacial score (nSPS) is 11.9. The number of anilines is 1. The molecular weight excluding hydrogens is 507 g/mol. The van der Waals surface area contributed by atoms with Gasteiger partial charge in [-0.3, -0.25) is 0 Å². The highest BCUT2D eigenvalue weighted by Gasteiger charge is 2.19. The summed E-state index contributed by atoms with van der Waals surface area (Å²) in [6, 6.07) is 11.1. The van der Waals surface area contributed by atoms with Crippen LogP contribution in [0.2, 0.25) is 10.0 Å². The number of benzene rings is 2. The second kappa shape index (κ2) is 10.2. The molecule has 1 atom stereocenters. The summed E-state index contributed by atoms with van der Waals surface area (Å²) in [4.78, 5) is 25.3. The molecule has 0 aliphatic rings. The van der Waals surface area contributed by atoms with Gasteiger partial charge < -0.3 is 19.9 Å². The zero-order valence-electron chi connectivity index (χ0n) is 18.7. The molecule has 0 aliphatic carbocycles. The molecule has 3 heterocycles. The van der Waals surface area contributed by atoms with Crippen LogP contribution in [-0.4, -0.2) is 35.9 Å². The fourth-order valence-electron chi connectivity index (χ4n) is 3.44. The van der Waals surface area contributed by atoms with Gasteiger partial charge in [0.2, 0.25) is 0 Å². The number of aromatic nitrogens is 6. The maximum absolute atomic E-state index is 12.7. The van der Waals surface area contributed by atoms with E-state index in [1.807, 2.05) is 24.3 Å². The summed E-state index contributed by atoms with van der Waals surface area (Å²) in [5, 5.41) is 15.0. The van der Waals surface area contributed by atoms with E-state index in [2.05, 4.69) is 35.8 Å². The van der Waals surface area contributed by atoms with Gasteiger partial charge in [0.15, 0.2) is 11.4 Å². The first-order valence-corrected chi connectivity index (χ1v) is 11.4. The van der Waals surface area contributed by atoms with Crippen molar-refractivity contribution < 1.29 is 14.1 Å². The topological polar surface area (TPSA) is 133 Å². The van der Waals surface area contributed by atoms with Crippen molar-refractivity contribution in [3.05, 3.63) is 82.7 Å². The van der Waals surface area contributed by atoms with E-state index in [9.17, 15) is 4.79 Å². The van der Waals surface area contributed by atoms with Crippen LogP contribution in [0.15, 0.2) is 65.7 Å². The average molecular weight is 525 g/mol. The van der Waals surface area contributed by atoms with Gasteiger partial charge in [-0.05, 0) is 31.2 Å². The van der Waals surface area contributed by atoms with Gasteiger partial charge in [-0.1, -0.05) is 40.5 Å². The van der Waals surface area contributed by atoms with Crippen LogP contribution in [0.25, 0.3) is 16.9 Å². The number of carbonyl (C=O) groups excluding carboxylic acids is 1. The molecule has 3 aromatic heterocycles. The predicted molar refractivity (Wildman–Crippen MR) is 132 cm³/mol. The summed E-state index contributed by atoms with van der Waals surface area (Å²) in [6.45, 7) is 1.86. The summed E-state index contributed by atoms with van der Waals surface area (Å²) in [6.07, 6.45) is 4.54. The van der Waals surface area contributed by atoms with Crippen molar-refractivity contribution in [3.8, 4) is 11.7 Å². The van der Waals surface area contributed by atoms with Crippen molar-refractivity contribution >= 4 is 45.9 Å². The molecule has 5 aromatic rings. The molecule has 0 unspecified atom stereocenters. The Morgan fingerprint density at radius 2 is 1.92 bits per heavy atom. The SMILES string of the molecule is C[C@H](NC(=O)Nc1cc(OCc2noc3ccccc23)c(Cl)cc1Cl)c1ncnn1-c1ncccn1. The van der Waals surface area contributed by atoms with Crippen LogP contribution in [0, 0.1) is 0 Å². The van der Waals surface area contributed by atoms with E-state index in [4.69, 9.17) is 32.5 Å². The summed E-state index contributed by atoms with van der Waals surface area (Å²) < 4.78 is 12.6. The molecule has 0 bridgehead atoms. The van der Waals surface area contributed by atoms with Crippen LogP contribution < -0.4 is 15.4 Å². The molecule has 2 amide bonds. The molecule has 2 N–H and O–H groups in total. The van der Waals surface area contributed by atoms with E-state index in [1.54, 1.807) is 25.4 Å². The van der Waals surface area contributed by atoms with Gasteiger partial charge in [0, 0.05) is 23.8 Å². The van der Waals surface area contributed by atoms with Gasteiger partial charge in [-0.25, -0.2) is 19.7 Å². The first-order valence-electron chi connectivity index (χ1n) is 10.7. The Hall–Kier alpha value is -4.22. The third-order valence-corrected chi connectivity index (χ3v) is 5.74. The molecule has 5 rings (SSSR count). The van der Waals surface area contributed by atoms with Crippen LogP contribution >= 0.6 is 23.2 Å². The highest BCUT2D eigenvalue weighted by molar-refractivity contribution is 6.37. The Balaban J connectivity index is 1.27. The molecule has 36 heavy (non-hydrogen) atoms.